The molecule has 2 aromatic carbocycles. The molecule has 0 heterocycles. The van der Waals surface area contributed by atoms with Crippen LogP contribution in [0.1, 0.15) is 40.2 Å². The fraction of sp³-hybridized carbons (Fsp3) is 0.318. The molecule has 0 saturated heterocycles. The van der Waals surface area contributed by atoms with Gasteiger partial charge in [0.15, 0.2) is 0 Å². The summed E-state index contributed by atoms with van der Waals surface area (Å²) in [5.41, 5.74) is 2.14. The van der Waals surface area contributed by atoms with E-state index < -0.39 is 11.6 Å². The highest BCUT2D eigenvalue weighted by Crippen LogP contribution is 2.27. The van der Waals surface area contributed by atoms with E-state index in [-0.39, 0.29) is 23.1 Å². The van der Waals surface area contributed by atoms with E-state index >= 15 is 0 Å². The average Bonchev–Trinajstić information content (AvgIpc) is 2.57. The fourth-order valence-corrected chi connectivity index (χ4v) is 2.64. The number of carbonyl (C=O) groups excluding carboxylic acids is 1. The highest BCUT2D eigenvalue weighted by atomic mass is 19.1. The minimum absolute atomic E-state index is 0.0499. The second-order valence-electron chi connectivity index (χ2n) is 7.19. The summed E-state index contributed by atoms with van der Waals surface area (Å²) < 4.78 is 29.0. The molecule has 3 nitrogen and oxygen atoms in total. The number of rotatable bonds is 6. The predicted molar refractivity (Wildman–Crippen MR) is 107 cm³/mol. The Labute approximate surface area is 159 Å². The zero-order valence-corrected chi connectivity index (χ0v) is 16.4. The molecule has 144 valence electrons. The minimum atomic E-state index is -0.703. The Balaban J connectivity index is 2.30. The summed E-state index contributed by atoms with van der Waals surface area (Å²) in [5, 5.41) is 5.97. The molecule has 5 heteroatoms. The smallest absolute Gasteiger partial charge is 0.247 e. The van der Waals surface area contributed by atoms with E-state index in [0.717, 1.165) is 5.69 Å². The Morgan fingerprint density at radius 1 is 0.926 bits per heavy atom. The van der Waals surface area contributed by atoms with Gasteiger partial charge < -0.3 is 10.6 Å². The van der Waals surface area contributed by atoms with Crippen LogP contribution in [0.2, 0.25) is 0 Å². The Hall–Kier alpha value is -2.69. The van der Waals surface area contributed by atoms with Gasteiger partial charge in [-0.1, -0.05) is 12.1 Å². The molecule has 0 fully saturated rings. The summed E-state index contributed by atoms with van der Waals surface area (Å²) in [4.78, 5) is 11.9. The van der Waals surface area contributed by atoms with Gasteiger partial charge in [-0.2, -0.15) is 0 Å². The zero-order chi connectivity index (χ0) is 20.1. The number of carbonyl (C=O) groups is 1. The standard InChI is InChI=1S/C22H26F2N2O/c1-13(2)25-18-8-6-16(7-9-18)17-11-20(23)19(21(24)12-17)10-15(5)22(27)26-14(3)4/h6-14,25H,1-5H3,(H,26,27)/b15-10+. The van der Waals surface area contributed by atoms with Gasteiger partial charge in [-0.15, -0.1) is 0 Å². The Morgan fingerprint density at radius 3 is 1.96 bits per heavy atom. The van der Waals surface area contributed by atoms with Crippen molar-refractivity contribution in [2.24, 2.45) is 0 Å². The van der Waals surface area contributed by atoms with Crippen molar-refractivity contribution in [3.63, 3.8) is 0 Å². The van der Waals surface area contributed by atoms with E-state index in [0.29, 0.717) is 17.2 Å². The first-order valence-electron chi connectivity index (χ1n) is 9.02. The molecule has 0 spiro atoms. The topological polar surface area (TPSA) is 41.1 Å². The number of nitrogens with one attached hydrogen (secondary N) is 2. The summed E-state index contributed by atoms with van der Waals surface area (Å²) in [5.74, 6) is -1.75. The van der Waals surface area contributed by atoms with E-state index in [2.05, 4.69) is 10.6 Å². The minimum Gasteiger partial charge on any atom is -0.383 e. The summed E-state index contributed by atoms with van der Waals surface area (Å²) in [6.45, 7) is 9.25. The van der Waals surface area contributed by atoms with Gasteiger partial charge in [0.1, 0.15) is 11.6 Å². The van der Waals surface area contributed by atoms with Crippen molar-refractivity contribution in [1.29, 1.82) is 0 Å². The first-order valence-corrected chi connectivity index (χ1v) is 9.02. The van der Waals surface area contributed by atoms with Crippen molar-refractivity contribution in [1.82, 2.24) is 5.32 Å². The number of hydrogen-bond donors (Lipinski definition) is 2. The Bertz CT molecular complexity index is 817. The van der Waals surface area contributed by atoms with Gasteiger partial charge in [0, 0.05) is 28.9 Å². The molecular formula is C22H26F2N2O. The number of amides is 1. The first kappa shape index (κ1) is 20.6. The van der Waals surface area contributed by atoms with Crippen LogP contribution in [0.25, 0.3) is 17.2 Å². The van der Waals surface area contributed by atoms with Crippen molar-refractivity contribution < 1.29 is 13.6 Å². The molecule has 2 rings (SSSR count). The zero-order valence-electron chi connectivity index (χ0n) is 16.4. The highest BCUT2D eigenvalue weighted by Gasteiger charge is 2.13. The van der Waals surface area contributed by atoms with Crippen LogP contribution < -0.4 is 10.6 Å². The number of hydrogen-bond acceptors (Lipinski definition) is 2. The normalized spacial score (nSPS) is 11.8. The van der Waals surface area contributed by atoms with Gasteiger partial charge in [0.05, 0.1) is 0 Å². The van der Waals surface area contributed by atoms with Crippen LogP contribution in [0.15, 0.2) is 42.0 Å². The summed E-state index contributed by atoms with van der Waals surface area (Å²) in [6, 6.07) is 10.2. The van der Waals surface area contributed by atoms with Crippen LogP contribution >= 0.6 is 0 Å². The predicted octanol–water partition coefficient (Wildman–Crippen LogP) is 5.38. The van der Waals surface area contributed by atoms with Gasteiger partial charge in [-0.3, -0.25) is 4.79 Å². The number of benzene rings is 2. The van der Waals surface area contributed by atoms with Crippen LogP contribution in [0.4, 0.5) is 14.5 Å². The molecular weight excluding hydrogens is 346 g/mol. The lowest BCUT2D eigenvalue weighted by atomic mass is 10.0. The first-order chi connectivity index (χ1) is 12.7. The lowest BCUT2D eigenvalue weighted by molar-refractivity contribution is -0.117. The van der Waals surface area contributed by atoms with Crippen molar-refractivity contribution in [2.45, 2.75) is 46.7 Å². The third kappa shape index (κ3) is 5.64. The van der Waals surface area contributed by atoms with Gasteiger partial charge in [-0.25, -0.2) is 8.78 Å². The van der Waals surface area contributed by atoms with Gasteiger partial charge in [-0.05, 0) is 76.1 Å². The van der Waals surface area contributed by atoms with E-state index in [1.54, 1.807) is 0 Å². The van der Waals surface area contributed by atoms with Crippen LogP contribution in [0.3, 0.4) is 0 Å². The third-order valence-corrected chi connectivity index (χ3v) is 3.89. The number of anilines is 1. The summed E-state index contributed by atoms with van der Waals surface area (Å²) in [6.07, 6.45) is 1.24. The van der Waals surface area contributed by atoms with Crippen LogP contribution in [0, 0.1) is 11.6 Å². The molecule has 0 atom stereocenters. The largest absolute Gasteiger partial charge is 0.383 e. The molecule has 0 aliphatic rings. The van der Waals surface area contributed by atoms with Crippen molar-refractivity contribution in [3.05, 3.63) is 59.2 Å². The molecule has 2 N–H and O–H groups in total. The van der Waals surface area contributed by atoms with E-state index in [9.17, 15) is 13.6 Å². The molecule has 0 aliphatic carbocycles. The molecule has 1 amide bonds. The molecule has 0 unspecified atom stereocenters. The number of halogens is 2. The fourth-order valence-electron chi connectivity index (χ4n) is 2.64. The van der Waals surface area contributed by atoms with Crippen LogP contribution in [-0.4, -0.2) is 18.0 Å². The van der Waals surface area contributed by atoms with Crippen molar-refractivity contribution in [2.75, 3.05) is 5.32 Å². The summed E-state index contributed by atoms with van der Waals surface area (Å²) in [7, 11) is 0. The van der Waals surface area contributed by atoms with Gasteiger partial charge >= 0.3 is 0 Å². The maximum atomic E-state index is 14.5. The lowest BCUT2D eigenvalue weighted by Gasteiger charge is -2.11. The third-order valence-electron chi connectivity index (χ3n) is 3.89. The van der Waals surface area contributed by atoms with E-state index in [1.165, 1.54) is 25.1 Å². The van der Waals surface area contributed by atoms with Crippen molar-refractivity contribution >= 4 is 17.7 Å². The Morgan fingerprint density at radius 2 is 1.48 bits per heavy atom. The molecule has 27 heavy (non-hydrogen) atoms. The van der Waals surface area contributed by atoms with E-state index in [4.69, 9.17) is 0 Å². The SMILES string of the molecule is C/C(=C\c1c(F)cc(-c2ccc(NC(C)C)cc2)cc1F)C(=O)NC(C)C. The lowest BCUT2D eigenvalue weighted by Crippen LogP contribution is -2.30. The monoisotopic (exact) mass is 372 g/mol. The molecule has 0 saturated carbocycles. The quantitative estimate of drug-likeness (QED) is 0.669. The molecule has 0 radical (unpaired) electrons. The van der Waals surface area contributed by atoms with E-state index in [1.807, 2.05) is 52.0 Å². The Kier molecular flexibility index (Phi) is 6.72. The average molecular weight is 372 g/mol. The van der Waals surface area contributed by atoms with Crippen LogP contribution in [-0.2, 0) is 4.79 Å². The van der Waals surface area contributed by atoms with Crippen molar-refractivity contribution in [3.8, 4) is 11.1 Å². The molecule has 0 bridgehead atoms. The summed E-state index contributed by atoms with van der Waals surface area (Å²) >= 11 is 0. The molecule has 2 aromatic rings. The molecule has 0 aliphatic heterocycles. The second-order valence-corrected chi connectivity index (χ2v) is 7.19. The van der Waals surface area contributed by atoms with Gasteiger partial charge in [0.25, 0.3) is 0 Å². The highest BCUT2D eigenvalue weighted by molar-refractivity contribution is 5.97. The molecule has 0 aromatic heterocycles. The maximum absolute atomic E-state index is 14.5. The second kappa shape index (κ2) is 8.80. The van der Waals surface area contributed by atoms with Gasteiger partial charge in [0.2, 0.25) is 5.91 Å². The van der Waals surface area contributed by atoms with Crippen LogP contribution in [0.5, 0.6) is 0 Å². The maximum Gasteiger partial charge on any atom is 0.247 e.